The molecule has 5 heterocycles. The van der Waals surface area contributed by atoms with E-state index in [1.807, 2.05) is 18.2 Å². The van der Waals surface area contributed by atoms with Gasteiger partial charge in [0.25, 0.3) is 5.88 Å². The number of aryl methyl sites for hydroxylation is 1. The first kappa shape index (κ1) is 26.2. The van der Waals surface area contributed by atoms with Crippen molar-refractivity contribution in [1.29, 1.82) is 0 Å². The van der Waals surface area contributed by atoms with Crippen LogP contribution in [0.25, 0.3) is 22.2 Å². The number of nitrogens with zero attached hydrogens (tertiary/aromatic N) is 6. The van der Waals surface area contributed by atoms with Crippen molar-refractivity contribution in [2.75, 3.05) is 44.4 Å². The SMILES string of the molecule is COc1nn(C)cc1Nc1ncc(F)c(-c2c[nH]c3c(NC(=O)[C@H]4CCCN4C4CCN(C)CC4)cccc23)n1. The molecule has 40 heavy (non-hydrogen) atoms. The van der Waals surface area contributed by atoms with Crippen LogP contribution >= 0.6 is 0 Å². The number of piperidine rings is 1. The summed E-state index contributed by atoms with van der Waals surface area (Å²) < 4.78 is 21.9. The lowest BCUT2D eigenvalue weighted by molar-refractivity contribution is -0.121. The Morgan fingerprint density at radius 3 is 2.77 bits per heavy atom. The number of halogens is 1. The summed E-state index contributed by atoms with van der Waals surface area (Å²) in [5, 5.41) is 11.2. The predicted molar refractivity (Wildman–Crippen MR) is 151 cm³/mol. The molecule has 2 aliphatic rings. The fourth-order valence-corrected chi connectivity index (χ4v) is 5.95. The molecule has 1 atom stereocenters. The monoisotopic (exact) mass is 547 g/mol. The second-order valence-electron chi connectivity index (χ2n) is 10.6. The minimum atomic E-state index is -0.557. The number of carbonyl (C=O) groups excluding carboxylic acids is 1. The van der Waals surface area contributed by atoms with Crippen LogP contribution < -0.4 is 15.4 Å². The van der Waals surface area contributed by atoms with E-state index in [2.05, 4.69) is 47.5 Å². The summed E-state index contributed by atoms with van der Waals surface area (Å²) in [7, 11) is 5.44. The molecule has 11 nitrogen and oxygen atoms in total. The first-order chi connectivity index (χ1) is 19.4. The molecule has 3 N–H and O–H groups in total. The van der Waals surface area contributed by atoms with E-state index in [1.54, 1.807) is 24.1 Å². The molecule has 0 saturated carbocycles. The van der Waals surface area contributed by atoms with Crippen LogP contribution in [0.4, 0.5) is 21.7 Å². The lowest BCUT2D eigenvalue weighted by atomic mass is 10.0. The fourth-order valence-electron chi connectivity index (χ4n) is 5.95. The maximum atomic E-state index is 15.0. The number of carbonyl (C=O) groups is 1. The molecule has 3 aromatic heterocycles. The van der Waals surface area contributed by atoms with Gasteiger partial charge in [-0.15, -0.1) is 5.10 Å². The molecule has 1 amide bonds. The van der Waals surface area contributed by atoms with Crippen LogP contribution in [-0.4, -0.2) is 86.3 Å². The topological polar surface area (TPSA) is 116 Å². The molecule has 6 rings (SSSR count). The predicted octanol–water partition coefficient (Wildman–Crippen LogP) is 3.75. The molecule has 2 aliphatic heterocycles. The van der Waals surface area contributed by atoms with Crippen LogP contribution in [0.5, 0.6) is 5.88 Å². The lowest BCUT2D eigenvalue weighted by Crippen LogP contribution is -2.49. The van der Waals surface area contributed by atoms with Crippen molar-refractivity contribution < 1.29 is 13.9 Å². The van der Waals surface area contributed by atoms with Crippen molar-refractivity contribution in [2.24, 2.45) is 7.05 Å². The summed E-state index contributed by atoms with van der Waals surface area (Å²) in [5.74, 6) is 0.0294. The standard InChI is InChI=1S/C28H34FN9O2/c1-36-12-9-17(10-13-36)38-11-5-8-23(38)26(39)32-21-7-4-6-18-19(14-30-25(18)21)24-20(29)15-31-28(34-24)33-22-16-37(2)35-27(22)40-3/h4,6-7,14-17,23,30H,5,8-13H2,1-3H3,(H,32,39)(H,31,33,34)/t23-/m1/s1. The molecular weight excluding hydrogens is 513 g/mol. The molecule has 0 radical (unpaired) electrons. The number of fused-ring (bicyclic) bond motifs is 1. The van der Waals surface area contributed by atoms with Gasteiger partial charge in [-0.25, -0.2) is 14.4 Å². The molecule has 12 heteroatoms. The average molecular weight is 548 g/mol. The van der Waals surface area contributed by atoms with Gasteiger partial charge >= 0.3 is 0 Å². The summed E-state index contributed by atoms with van der Waals surface area (Å²) in [6.45, 7) is 3.08. The van der Waals surface area contributed by atoms with Crippen LogP contribution in [0.1, 0.15) is 25.7 Å². The third-order valence-electron chi connectivity index (χ3n) is 7.96. The number of anilines is 3. The molecular formula is C28H34FN9O2. The van der Waals surface area contributed by atoms with E-state index in [4.69, 9.17) is 4.74 Å². The van der Waals surface area contributed by atoms with Gasteiger partial charge in [0.15, 0.2) is 5.82 Å². The zero-order chi connectivity index (χ0) is 27.8. The van der Waals surface area contributed by atoms with Gasteiger partial charge in [0.1, 0.15) is 11.4 Å². The van der Waals surface area contributed by atoms with Crippen LogP contribution in [0.3, 0.4) is 0 Å². The number of aromatic nitrogens is 5. The van der Waals surface area contributed by atoms with Crippen LogP contribution in [0.15, 0.2) is 36.8 Å². The highest BCUT2D eigenvalue weighted by Gasteiger charge is 2.36. The number of ether oxygens (including phenoxy) is 1. The summed E-state index contributed by atoms with van der Waals surface area (Å²) >= 11 is 0. The van der Waals surface area contributed by atoms with Gasteiger partial charge in [0.05, 0.1) is 36.7 Å². The Balaban J connectivity index is 1.24. The summed E-state index contributed by atoms with van der Waals surface area (Å²) in [6, 6.07) is 5.91. The lowest BCUT2D eigenvalue weighted by Gasteiger charge is -2.37. The van der Waals surface area contributed by atoms with Crippen molar-refractivity contribution in [2.45, 2.75) is 37.8 Å². The average Bonchev–Trinajstić information content (AvgIpc) is 3.69. The number of likely N-dealkylation sites (tertiary alicyclic amines) is 2. The van der Waals surface area contributed by atoms with Crippen molar-refractivity contribution in [1.82, 2.24) is 34.5 Å². The number of amides is 1. The van der Waals surface area contributed by atoms with E-state index in [0.29, 0.717) is 28.9 Å². The van der Waals surface area contributed by atoms with Gasteiger partial charge in [-0.05, 0) is 58.4 Å². The van der Waals surface area contributed by atoms with E-state index in [-0.39, 0.29) is 23.6 Å². The molecule has 0 unspecified atom stereocenters. The van der Waals surface area contributed by atoms with E-state index >= 15 is 4.39 Å². The van der Waals surface area contributed by atoms with Crippen LogP contribution in [0, 0.1) is 5.82 Å². The fraction of sp³-hybridized carbons (Fsp3) is 0.429. The smallest absolute Gasteiger partial charge is 0.256 e. The number of methoxy groups -OCH3 is 1. The number of hydrogen-bond acceptors (Lipinski definition) is 8. The van der Waals surface area contributed by atoms with E-state index in [1.165, 1.54) is 7.11 Å². The number of nitrogens with one attached hydrogen (secondary N) is 3. The normalized spacial score (nSPS) is 18.9. The molecule has 1 aromatic carbocycles. The van der Waals surface area contributed by atoms with Crippen molar-refractivity contribution >= 4 is 34.1 Å². The molecule has 0 spiro atoms. The maximum absolute atomic E-state index is 15.0. The first-order valence-electron chi connectivity index (χ1n) is 13.6. The second kappa shape index (κ2) is 10.9. The zero-order valence-corrected chi connectivity index (χ0v) is 22.9. The van der Waals surface area contributed by atoms with Crippen LogP contribution in [-0.2, 0) is 11.8 Å². The van der Waals surface area contributed by atoms with Crippen LogP contribution in [0.2, 0.25) is 0 Å². The first-order valence-corrected chi connectivity index (χ1v) is 13.6. The van der Waals surface area contributed by atoms with E-state index in [9.17, 15) is 4.79 Å². The van der Waals surface area contributed by atoms with Crippen molar-refractivity contribution in [3.63, 3.8) is 0 Å². The Kier molecular flexibility index (Phi) is 7.11. The van der Waals surface area contributed by atoms with Gasteiger partial charge in [0.2, 0.25) is 11.9 Å². The minimum Gasteiger partial charge on any atom is -0.478 e. The van der Waals surface area contributed by atoms with Crippen molar-refractivity contribution in [3.05, 3.63) is 42.6 Å². The van der Waals surface area contributed by atoms with Gasteiger partial charge in [-0.2, -0.15) is 0 Å². The Labute approximate surface area is 231 Å². The van der Waals surface area contributed by atoms with Gasteiger partial charge in [-0.3, -0.25) is 14.4 Å². The number of hydrogen-bond donors (Lipinski definition) is 3. The van der Waals surface area contributed by atoms with E-state index in [0.717, 1.165) is 62.4 Å². The second-order valence-corrected chi connectivity index (χ2v) is 10.6. The summed E-state index contributed by atoms with van der Waals surface area (Å²) in [4.78, 5) is 30.0. The third kappa shape index (κ3) is 5.00. The Morgan fingerprint density at radius 2 is 1.98 bits per heavy atom. The summed E-state index contributed by atoms with van der Waals surface area (Å²) in [6.07, 6.45) is 8.62. The molecule has 4 aromatic rings. The number of rotatable bonds is 7. The number of H-pyrrole nitrogens is 1. The number of aromatic amines is 1. The maximum Gasteiger partial charge on any atom is 0.256 e. The molecule has 0 aliphatic carbocycles. The largest absolute Gasteiger partial charge is 0.478 e. The van der Waals surface area contributed by atoms with Gasteiger partial charge in [-0.1, -0.05) is 12.1 Å². The molecule has 210 valence electrons. The Bertz CT molecular complexity index is 1530. The highest BCUT2D eigenvalue weighted by molar-refractivity contribution is 6.06. The third-order valence-corrected chi connectivity index (χ3v) is 7.96. The summed E-state index contributed by atoms with van der Waals surface area (Å²) in [5.41, 5.74) is 2.65. The Hall–Kier alpha value is -4.03. The van der Waals surface area contributed by atoms with Crippen molar-refractivity contribution in [3.8, 4) is 17.1 Å². The molecule has 2 fully saturated rings. The highest BCUT2D eigenvalue weighted by Crippen LogP contribution is 2.34. The Morgan fingerprint density at radius 1 is 1.15 bits per heavy atom. The van der Waals surface area contributed by atoms with Gasteiger partial charge < -0.3 is 25.3 Å². The quantitative estimate of drug-likeness (QED) is 0.321. The highest BCUT2D eigenvalue weighted by atomic mass is 19.1. The molecule has 2 saturated heterocycles. The minimum absolute atomic E-state index is 0.00481. The number of para-hydroxylation sites is 1. The molecule has 0 bridgehead atoms. The van der Waals surface area contributed by atoms with E-state index < -0.39 is 5.82 Å². The zero-order valence-electron chi connectivity index (χ0n) is 22.9. The van der Waals surface area contributed by atoms with Gasteiger partial charge in [0, 0.05) is 30.2 Å². The number of benzene rings is 1.